The first-order valence-electron chi connectivity index (χ1n) is 14.3. The topological polar surface area (TPSA) is 79.9 Å². The number of rotatable bonds is 8. The predicted octanol–water partition coefficient (Wildman–Crippen LogP) is 5.45. The summed E-state index contributed by atoms with van der Waals surface area (Å²) in [5.74, 6) is 1.21. The minimum Gasteiger partial charge on any atom is -0.370 e. The Labute approximate surface area is 363 Å². The van der Waals surface area contributed by atoms with Crippen molar-refractivity contribution in [3.63, 3.8) is 0 Å². The van der Waals surface area contributed by atoms with Gasteiger partial charge in [-0.25, -0.2) is 19.3 Å². The van der Waals surface area contributed by atoms with Crippen molar-refractivity contribution in [1.82, 2.24) is 29.5 Å². The second-order valence-electron chi connectivity index (χ2n) is 11.3. The Morgan fingerprint density at radius 2 is 1.11 bits per heavy atom. The monoisotopic (exact) mass is 896 g/mol. The number of ether oxygens (including phenoxy) is 2. The van der Waals surface area contributed by atoms with Crippen molar-refractivity contribution >= 4 is 0 Å². The van der Waals surface area contributed by atoms with Gasteiger partial charge in [0.25, 0.3) is 0 Å². The molecule has 0 N–H and O–H groups in total. The van der Waals surface area contributed by atoms with Crippen molar-refractivity contribution in [2.24, 2.45) is 11.8 Å². The fraction of sp³-hybridized carbons (Fsp3) is 0.500. The molecule has 2 aliphatic rings. The van der Waals surface area contributed by atoms with Crippen LogP contribution in [-0.2, 0) is 165 Å². The van der Waals surface area contributed by atoms with Crippen LogP contribution in [-0.4, -0.2) is 42.7 Å². The number of aromatic nitrogens is 6. The Hall–Kier alpha value is 1.06. The van der Waals surface area contributed by atoms with E-state index in [1.807, 2.05) is 21.5 Å². The maximum atomic E-state index is 6.22. The van der Waals surface area contributed by atoms with Gasteiger partial charge in [0, 0.05) is 131 Å². The average Bonchev–Trinajstić information content (AvgIpc) is 3.79. The molecule has 2 aromatic carbocycles. The molecule has 4 heterocycles. The molecular formula is C32H40N6O2Y4-2. The van der Waals surface area contributed by atoms with E-state index in [0.29, 0.717) is 24.9 Å². The number of hydrogen-bond acceptors (Lipinski definition) is 6. The molecule has 0 bridgehead atoms. The fourth-order valence-electron chi connectivity index (χ4n) is 5.74. The molecule has 8 nitrogen and oxygen atoms in total. The first-order chi connectivity index (χ1) is 19.4. The van der Waals surface area contributed by atoms with Gasteiger partial charge in [0.1, 0.15) is 25.3 Å². The minimum absolute atomic E-state index is 0. The van der Waals surface area contributed by atoms with Crippen LogP contribution in [0.2, 0.25) is 0 Å². The zero-order valence-electron chi connectivity index (χ0n) is 26.4. The van der Waals surface area contributed by atoms with Crippen LogP contribution >= 0.6 is 0 Å². The van der Waals surface area contributed by atoms with Crippen molar-refractivity contribution in [3.05, 3.63) is 96.1 Å². The van der Waals surface area contributed by atoms with Crippen LogP contribution < -0.4 is 0 Å². The first-order valence-corrected chi connectivity index (χ1v) is 14.3. The van der Waals surface area contributed by atoms with E-state index < -0.39 is 0 Å². The standard InChI is InChI=1S/2C16H20N3O.4Y/c2*1-3-14-8-16(20-9-14,10-19-12-17-11-18-19)15-6-4-13(2)5-7-15;;;;/h2*4-6,11-12,14H,3,8-10H2,1-2H3;;;;/q2*-1;;;;/t14-,16+;14-,16-;;;;/m00..../s1. The zero-order chi connectivity index (χ0) is 28.0. The largest absolute Gasteiger partial charge is 0.370 e. The SMILES string of the molecule is CC[C@@H]1CO[C@@](Cn2cncn2)(c2[c-]cc(C)cc2)C1.CC[C@@H]1CO[C@](Cn2cncn2)(c2[c-]cc(C)cc2)C1.[Y].[Y].[Y].[Y]. The van der Waals surface area contributed by atoms with Gasteiger partial charge < -0.3 is 9.47 Å². The third-order valence-electron chi connectivity index (χ3n) is 8.27. The second-order valence-corrected chi connectivity index (χ2v) is 11.3. The molecule has 0 saturated carbocycles. The Balaban J connectivity index is 0.000000403. The van der Waals surface area contributed by atoms with Crippen LogP contribution in [0.3, 0.4) is 0 Å². The zero-order valence-corrected chi connectivity index (χ0v) is 37.7. The van der Waals surface area contributed by atoms with Crippen LogP contribution in [0.25, 0.3) is 0 Å². The summed E-state index contributed by atoms with van der Waals surface area (Å²) < 4.78 is 16.2. The van der Waals surface area contributed by atoms with Gasteiger partial charge >= 0.3 is 0 Å². The summed E-state index contributed by atoms with van der Waals surface area (Å²) in [6, 6.07) is 19.3. The summed E-state index contributed by atoms with van der Waals surface area (Å²) in [6.45, 7) is 11.6. The molecule has 2 aromatic heterocycles. The number of benzene rings is 2. The molecule has 6 rings (SSSR count). The summed E-state index contributed by atoms with van der Waals surface area (Å²) in [5.41, 5.74) is 4.04. The number of nitrogens with zero attached hydrogens (tertiary/aromatic N) is 6. The molecule has 4 aromatic rings. The maximum absolute atomic E-state index is 6.22. The van der Waals surface area contributed by atoms with Crippen LogP contribution in [0.4, 0.5) is 0 Å². The van der Waals surface area contributed by atoms with Crippen LogP contribution in [0.5, 0.6) is 0 Å². The molecule has 4 atom stereocenters. The van der Waals surface area contributed by atoms with Gasteiger partial charge in [-0.2, -0.15) is 69.9 Å². The van der Waals surface area contributed by atoms with E-state index in [9.17, 15) is 0 Å². The minimum atomic E-state index is -0.317. The normalized spacial score (nSPS) is 23.6. The molecule has 2 aliphatic heterocycles. The number of aryl methyl sites for hydroxylation is 2. The Bertz CT molecular complexity index is 1220. The molecule has 0 spiro atoms. The third-order valence-corrected chi connectivity index (χ3v) is 8.27. The van der Waals surface area contributed by atoms with E-state index in [2.05, 4.69) is 84.3 Å². The smallest absolute Gasteiger partial charge is 0.137 e. The predicted molar refractivity (Wildman–Crippen MR) is 152 cm³/mol. The molecule has 4 radical (unpaired) electrons. The number of hydrogen-bond donors (Lipinski definition) is 0. The summed E-state index contributed by atoms with van der Waals surface area (Å²) in [6.07, 6.45) is 11.0. The van der Waals surface area contributed by atoms with Crippen molar-refractivity contribution in [2.75, 3.05) is 13.2 Å². The van der Waals surface area contributed by atoms with E-state index in [4.69, 9.17) is 9.47 Å². The van der Waals surface area contributed by atoms with Gasteiger partial charge in [-0.05, 0) is 24.7 Å². The van der Waals surface area contributed by atoms with Gasteiger partial charge in [-0.1, -0.05) is 40.5 Å². The molecule has 12 heteroatoms. The molecule has 0 unspecified atom stereocenters. The van der Waals surface area contributed by atoms with E-state index in [0.717, 1.165) is 50.0 Å². The van der Waals surface area contributed by atoms with Gasteiger partial charge in [-0.15, -0.1) is 11.1 Å². The quantitative estimate of drug-likeness (QED) is 0.219. The van der Waals surface area contributed by atoms with Gasteiger partial charge in [-0.3, -0.25) is 0 Å². The van der Waals surface area contributed by atoms with Gasteiger partial charge in [0.15, 0.2) is 0 Å². The van der Waals surface area contributed by atoms with Crippen molar-refractivity contribution < 1.29 is 140 Å². The third kappa shape index (κ3) is 11.0. The summed E-state index contributed by atoms with van der Waals surface area (Å²) in [5, 5.41) is 8.46. The fourth-order valence-corrected chi connectivity index (χ4v) is 5.74. The van der Waals surface area contributed by atoms with E-state index >= 15 is 0 Å². The Morgan fingerprint density at radius 1 is 0.705 bits per heavy atom. The first kappa shape index (κ1) is 43.1. The van der Waals surface area contributed by atoms with Crippen LogP contribution in [0.1, 0.15) is 61.8 Å². The van der Waals surface area contributed by atoms with E-state index in [1.54, 1.807) is 25.3 Å². The molecular weight excluding hydrogens is 856 g/mol. The van der Waals surface area contributed by atoms with E-state index in [1.165, 1.54) is 11.1 Å². The Kier molecular flexibility index (Phi) is 20.1. The van der Waals surface area contributed by atoms with E-state index in [-0.39, 0.29) is 142 Å². The molecule has 0 aliphatic carbocycles. The van der Waals surface area contributed by atoms with Crippen molar-refractivity contribution in [3.8, 4) is 0 Å². The molecule has 0 amide bonds. The summed E-state index contributed by atoms with van der Waals surface area (Å²) in [7, 11) is 0. The molecule has 2 saturated heterocycles. The maximum Gasteiger partial charge on any atom is 0.137 e. The summed E-state index contributed by atoms with van der Waals surface area (Å²) >= 11 is 0. The molecule has 224 valence electrons. The van der Waals surface area contributed by atoms with Crippen LogP contribution in [0, 0.1) is 37.8 Å². The van der Waals surface area contributed by atoms with Gasteiger partial charge in [0.05, 0.1) is 37.5 Å². The Morgan fingerprint density at radius 3 is 1.39 bits per heavy atom. The second kappa shape index (κ2) is 20.5. The molecule has 2 fully saturated rings. The molecule has 44 heavy (non-hydrogen) atoms. The van der Waals surface area contributed by atoms with Crippen molar-refractivity contribution in [1.29, 1.82) is 0 Å². The van der Waals surface area contributed by atoms with Gasteiger partial charge in [0.2, 0.25) is 0 Å². The summed E-state index contributed by atoms with van der Waals surface area (Å²) in [4.78, 5) is 8.06. The average molecular weight is 896 g/mol. The van der Waals surface area contributed by atoms with Crippen molar-refractivity contribution in [2.45, 2.75) is 77.7 Å². The van der Waals surface area contributed by atoms with Crippen LogP contribution in [0.15, 0.2) is 61.7 Å².